The molecule has 0 unspecified atom stereocenters. The maximum Gasteiger partial charge on any atom is 0.223 e. The number of aliphatic imine (C=N–C) groups is 1. The smallest absolute Gasteiger partial charge is 0.223 e. The minimum Gasteiger partial charge on any atom is -0.357 e. The average Bonchev–Trinajstić information content (AvgIpc) is 3.34. The second-order valence-electron chi connectivity index (χ2n) is 6.64. The molecule has 0 fully saturated rings. The molecule has 1 aromatic heterocycles. The number of thiophene rings is 1. The first kappa shape index (κ1) is 22.7. The van der Waals surface area contributed by atoms with E-state index in [0.29, 0.717) is 13.0 Å². The van der Waals surface area contributed by atoms with Crippen molar-refractivity contribution >= 4 is 47.2 Å². The highest BCUT2D eigenvalue weighted by molar-refractivity contribution is 14.0. The van der Waals surface area contributed by atoms with Gasteiger partial charge >= 0.3 is 0 Å². The van der Waals surface area contributed by atoms with Crippen LogP contribution >= 0.6 is 35.3 Å². The van der Waals surface area contributed by atoms with Crippen LogP contribution in [0.2, 0.25) is 0 Å². The molecule has 2 aromatic rings. The largest absolute Gasteiger partial charge is 0.357 e. The molecule has 2 N–H and O–H groups in total. The quantitative estimate of drug-likeness (QED) is 0.245. The molecule has 1 amide bonds. The van der Waals surface area contributed by atoms with Crippen LogP contribution in [0.25, 0.3) is 0 Å². The molecular formula is C21H29IN4OS. The number of halogens is 1. The third-order valence-electron chi connectivity index (χ3n) is 4.60. The van der Waals surface area contributed by atoms with Crippen molar-refractivity contribution in [1.82, 2.24) is 15.5 Å². The van der Waals surface area contributed by atoms with Gasteiger partial charge in [0.05, 0.1) is 0 Å². The van der Waals surface area contributed by atoms with Crippen molar-refractivity contribution in [2.75, 3.05) is 19.6 Å². The summed E-state index contributed by atoms with van der Waals surface area (Å²) < 4.78 is 0. The number of guanidine groups is 1. The summed E-state index contributed by atoms with van der Waals surface area (Å²) in [5.41, 5.74) is 2.54. The van der Waals surface area contributed by atoms with Gasteiger partial charge in [-0.3, -0.25) is 9.79 Å². The van der Waals surface area contributed by atoms with Gasteiger partial charge in [-0.15, -0.1) is 35.3 Å². The number of carbonyl (C=O) groups excluding carboxylic acids is 1. The Hall–Kier alpha value is -1.61. The second kappa shape index (κ2) is 12.1. The minimum atomic E-state index is 0. The lowest BCUT2D eigenvalue weighted by Gasteiger charge is -2.15. The molecular weight excluding hydrogens is 483 g/mol. The van der Waals surface area contributed by atoms with Crippen LogP contribution in [-0.2, 0) is 24.3 Å². The fourth-order valence-electron chi connectivity index (χ4n) is 3.19. The highest BCUT2D eigenvalue weighted by Gasteiger charge is 2.22. The predicted molar refractivity (Wildman–Crippen MR) is 127 cm³/mol. The van der Waals surface area contributed by atoms with Gasteiger partial charge in [0.2, 0.25) is 5.91 Å². The summed E-state index contributed by atoms with van der Waals surface area (Å²) in [5, 5.41) is 8.73. The summed E-state index contributed by atoms with van der Waals surface area (Å²) in [6, 6.07) is 12.5. The molecule has 0 aliphatic carbocycles. The Bertz CT molecular complexity index is 739. The second-order valence-corrected chi connectivity index (χ2v) is 7.67. The predicted octanol–water partition coefficient (Wildman–Crippen LogP) is 3.79. The number of nitrogens with one attached hydrogen (secondary N) is 2. The first-order valence-electron chi connectivity index (χ1n) is 9.65. The van der Waals surface area contributed by atoms with Crippen LogP contribution in [-0.4, -0.2) is 36.4 Å². The molecule has 1 aliphatic heterocycles. The lowest BCUT2D eigenvalue weighted by Crippen LogP contribution is -2.38. The van der Waals surface area contributed by atoms with Crippen LogP contribution in [0.5, 0.6) is 0 Å². The van der Waals surface area contributed by atoms with Crippen molar-refractivity contribution < 1.29 is 4.79 Å². The lowest BCUT2D eigenvalue weighted by molar-refractivity contribution is -0.131. The summed E-state index contributed by atoms with van der Waals surface area (Å²) in [6.45, 7) is 5.88. The lowest BCUT2D eigenvalue weighted by atomic mass is 10.1. The highest BCUT2D eigenvalue weighted by atomic mass is 127. The van der Waals surface area contributed by atoms with Crippen molar-refractivity contribution in [3.63, 3.8) is 0 Å². The Kier molecular flexibility index (Phi) is 9.77. The summed E-state index contributed by atoms with van der Waals surface area (Å²) in [6.07, 6.45) is 2.31. The highest BCUT2D eigenvalue weighted by Crippen LogP contribution is 2.22. The van der Waals surface area contributed by atoms with E-state index in [9.17, 15) is 4.79 Å². The Balaban J connectivity index is 0.00000280. The van der Waals surface area contributed by atoms with Crippen molar-refractivity contribution in [3.05, 3.63) is 57.8 Å². The molecule has 0 saturated carbocycles. The zero-order valence-electron chi connectivity index (χ0n) is 16.3. The van der Waals surface area contributed by atoms with Gasteiger partial charge in [0.15, 0.2) is 5.96 Å². The first-order chi connectivity index (χ1) is 13.3. The van der Waals surface area contributed by atoms with E-state index in [1.807, 2.05) is 17.0 Å². The summed E-state index contributed by atoms with van der Waals surface area (Å²) in [5.74, 6) is 1.05. The van der Waals surface area contributed by atoms with Crippen LogP contribution in [0.1, 0.15) is 35.8 Å². The van der Waals surface area contributed by atoms with Gasteiger partial charge in [0, 0.05) is 44.0 Å². The molecule has 7 heteroatoms. The average molecular weight is 512 g/mol. The number of fused-ring (bicyclic) bond motifs is 1. The Labute approximate surface area is 188 Å². The van der Waals surface area contributed by atoms with Crippen molar-refractivity contribution in [3.8, 4) is 0 Å². The van der Waals surface area contributed by atoms with E-state index in [-0.39, 0.29) is 29.9 Å². The molecule has 0 spiro atoms. The Morgan fingerprint density at radius 3 is 2.54 bits per heavy atom. The van der Waals surface area contributed by atoms with Crippen molar-refractivity contribution in [2.24, 2.45) is 4.99 Å². The monoisotopic (exact) mass is 512 g/mol. The standard InChI is InChI=1S/C21H28N4OS.HI/c1-2-22-21(24-13-11-19-9-6-14-27-19)23-12-5-10-20(26)25-15-17-7-3-4-8-18(17)16-25;/h3-4,6-9,14H,2,5,10-13,15-16H2,1H3,(H2,22,23,24);1H. The molecule has 1 aromatic carbocycles. The normalized spacial score (nSPS) is 13.0. The maximum absolute atomic E-state index is 12.4. The van der Waals surface area contributed by atoms with E-state index in [0.717, 1.165) is 45.0 Å². The van der Waals surface area contributed by atoms with Gasteiger partial charge in [-0.2, -0.15) is 0 Å². The molecule has 0 bridgehead atoms. The fourth-order valence-corrected chi connectivity index (χ4v) is 3.90. The first-order valence-corrected chi connectivity index (χ1v) is 10.5. The molecule has 3 rings (SSSR count). The number of hydrogen-bond acceptors (Lipinski definition) is 3. The molecule has 2 heterocycles. The minimum absolute atomic E-state index is 0. The van der Waals surface area contributed by atoms with Crippen LogP contribution in [0.4, 0.5) is 0 Å². The molecule has 5 nitrogen and oxygen atoms in total. The van der Waals surface area contributed by atoms with Gasteiger partial charge in [-0.1, -0.05) is 30.3 Å². The van der Waals surface area contributed by atoms with Gasteiger partial charge in [-0.25, -0.2) is 0 Å². The molecule has 28 heavy (non-hydrogen) atoms. The summed E-state index contributed by atoms with van der Waals surface area (Å²) >= 11 is 1.78. The number of nitrogens with zero attached hydrogens (tertiary/aromatic N) is 2. The van der Waals surface area contributed by atoms with Crippen LogP contribution < -0.4 is 10.6 Å². The van der Waals surface area contributed by atoms with Gasteiger partial charge in [0.25, 0.3) is 0 Å². The molecule has 0 saturated heterocycles. The number of rotatable bonds is 8. The van der Waals surface area contributed by atoms with E-state index in [1.54, 1.807) is 11.3 Å². The summed E-state index contributed by atoms with van der Waals surface area (Å²) in [4.78, 5) is 20.3. The summed E-state index contributed by atoms with van der Waals surface area (Å²) in [7, 11) is 0. The molecule has 1 aliphatic rings. The maximum atomic E-state index is 12.4. The van der Waals surface area contributed by atoms with Gasteiger partial charge in [-0.05, 0) is 42.3 Å². The molecule has 152 valence electrons. The SMILES string of the molecule is CCNC(=NCCCC(=O)N1Cc2ccccc2C1)NCCc1cccs1.I. The number of carbonyl (C=O) groups is 1. The van der Waals surface area contributed by atoms with Gasteiger partial charge in [0.1, 0.15) is 0 Å². The third-order valence-corrected chi connectivity index (χ3v) is 5.54. The zero-order chi connectivity index (χ0) is 18.9. The van der Waals surface area contributed by atoms with E-state index >= 15 is 0 Å². The number of amides is 1. The number of benzene rings is 1. The van der Waals surface area contributed by atoms with E-state index in [1.165, 1.54) is 16.0 Å². The van der Waals surface area contributed by atoms with Crippen LogP contribution in [0.15, 0.2) is 46.8 Å². The van der Waals surface area contributed by atoms with E-state index in [4.69, 9.17) is 0 Å². The van der Waals surface area contributed by atoms with E-state index in [2.05, 4.69) is 52.2 Å². The van der Waals surface area contributed by atoms with Gasteiger partial charge < -0.3 is 15.5 Å². The van der Waals surface area contributed by atoms with Crippen LogP contribution in [0.3, 0.4) is 0 Å². The van der Waals surface area contributed by atoms with Crippen molar-refractivity contribution in [2.45, 2.75) is 39.3 Å². The molecule has 0 radical (unpaired) electrons. The fraction of sp³-hybridized carbons (Fsp3) is 0.429. The Morgan fingerprint density at radius 2 is 1.89 bits per heavy atom. The van der Waals surface area contributed by atoms with E-state index < -0.39 is 0 Å². The Morgan fingerprint density at radius 1 is 1.14 bits per heavy atom. The zero-order valence-corrected chi connectivity index (χ0v) is 19.5. The topological polar surface area (TPSA) is 56.7 Å². The number of hydrogen-bond donors (Lipinski definition) is 2. The van der Waals surface area contributed by atoms with Crippen LogP contribution in [0, 0.1) is 0 Å². The third kappa shape index (κ3) is 6.77. The van der Waals surface area contributed by atoms with Crippen molar-refractivity contribution in [1.29, 1.82) is 0 Å². The molecule has 0 atom stereocenters.